The van der Waals surface area contributed by atoms with E-state index in [2.05, 4.69) is 31.1 Å². The van der Waals surface area contributed by atoms with Crippen LogP contribution in [0.15, 0.2) is 136 Å². The molecule has 0 spiro atoms. The summed E-state index contributed by atoms with van der Waals surface area (Å²) in [6.45, 7) is 1.04. The number of ether oxygens (including phenoxy) is 2. The molecule has 0 aliphatic carbocycles. The van der Waals surface area contributed by atoms with Gasteiger partial charge in [0, 0.05) is 35.3 Å². The number of carbonyl (C=O) groups excluding carboxylic acids is 4. The third-order valence-electron chi connectivity index (χ3n) is 9.00. The van der Waals surface area contributed by atoms with Gasteiger partial charge in [-0.05, 0) is 116 Å². The van der Waals surface area contributed by atoms with Crippen molar-refractivity contribution in [3.63, 3.8) is 0 Å². The number of alkyl halides is 2. The number of hydrogen-bond acceptors (Lipinski definition) is 11. The van der Waals surface area contributed by atoms with Crippen LogP contribution >= 0.6 is 23.2 Å². The molecular formula is C43H37Cl2N7O8. The van der Waals surface area contributed by atoms with Crippen molar-refractivity contribution in [2.75, 3.05) is 30.3 Å². The van der Waals surface area contributed by atoms with Gasteiger partial charge in [-0.2, -0.15) is 20.5 Å². The highest BCUT2D eigenvalue weighted by Gasteiger charge is 2.40. The maximum absolute atomic E-state index is 13.0. The first kappa shape index (κ1) is 42.6. The number of rotatable bonds is 14. The van der Waals surface area contributed by atoms with Crippen molar-refractivity contribution in [2.24, 2.45) is 20.5 Å². The Balaban J connectivity index is 0.000000243. The lowest BCUT2D eigenvalue weighted by molar-refractivity contribution is -0.136. The van der Waals surface area contributed by atoms with E-state index >= 15 is 0 Å². The zero-order chi connectivity index (χ0) is 42.4. The van der Waals surface area contributed by atoms with Crippen LogP contribution in [-0.2, 0) is 16.1 Å². The highest BCUT2D eigenvalue weighted by atomic mass is 35.5. The Labute approximate surface area is 354 Å². The molecule has 306 valence electrons. The van der Waals surface area contributed by atoms with E-state index < -0.39 is 17.9 Å². The molecule has 0 saturated carbocycles. The summed E-state index contributed by atoms with van der Waals surface area (Å²) in [4.78, 5) is 62.0. The van der Waals surface area contributed by atoms with E-state index in [4.69, 9.17) is 37.8 Å². The standard InChI is InChI=1S/C28H24ClN5O5.C15H13ClN2O3/c29-14-15-39-20-10-8-19(9-11-20)33-32-18-6-4-17(5-7-18)26(36)30-23-3-1-2-21-22(23)16-34(28(21)38)24-12-13-25(35)31-27(24)37;16-9-10-21-14-7-5-13(6-8-14)18-17-12-3-1-11(2-4-12)15(19)20/h1-11,24H,12-16H2,(H,30,36)(H,31,35,37);1-8H,9-10H2,(H,19,20). The fourth-order valence-electron chi connectivity index (χ4n) is 6.01. The molecule has 5 aromatic carbocycles. The molecule has 0 bridgehead atoms. The monoisotopic (exact) mass is 849 g/mol. The first-order chi connectivity index (χ1) is 29.1. The first-order valence-corrected chi connectivity index (χ1v) is 19.6. The van der Waals surface area contributed by atoms with Crippen LogP contribution in [0.3, 0.4) is 0 Å². The summed E-state index contributed by atoms with van der Waals surface area (Å²) >= 11 is 11.2. The molecule has 0 radical (unpaired) electrons. The molecule has 2 aliphatic rings. The number of aromatic carboxylic acids is 1. The number of anilines is 1. The molecule has 5 aromatic rings. The maximum Gasteiger partial charge on any atom is 0.335 e. The Hall–Kier alpha value is -6.97. The zero-order valence-corrected chi connectivity index (χ0v) is 33.3. The molecule has 1 unspecified atom stereocenters. The Kier molecular flexibility index (Phi) is 14.7. The van der Waals surface area contributed by atoms with Crippen LogP contribution in [0.1, 0.15) is 49.5 Å². The molecule has 1 atom stereocenters. The third kappa shape index (κ3) is 11.4. The van der Waals surface area contributed by atoms with Crippen molar-refractivity contribution in [3.8, 4) is 11.5 Å². The van der Waals surface area contributed by atoms with E-state index in [1.54, 1.807) is 103 Å². The van der Waals surface area contributed by atoms with Crippen LogP contribution in [0.2, 0.25) is 0 Å². The van der Waals surface area contributed by atoms with E-state index in [9.17, 15) is 24.0 Å². The van der Waals surface area contributed by atoms with Crippen LogP contribution in [0, 0.1) is 0 Å². The van der Waals surface area contributed by atoms with Crippen LogP contribution in [0.4, 0.5) is 28.4 Å². The number of piperidine rings is 1. The minimum Gasteiger partial charge on any atom is -0.492 e. The largest absolute Gasteiger partial charge is 0.492 e. The van der Waals surface area contributed by atoms with E-state index in [1.165, 1.54) is 17.0 Å². The van der Waals surface area contributed by atoms with Gasteiger partial charge in [0.1, 0.15) is 30.8 Å². The minimum absolute atomic E-state index is 0.163. The molecule has 17 heteroatoms. The molecule has 0 aromatic heterocycles. The summed E-state index contributed by atoms with van der Waals surface area (Å²) < 4.78 is 10.8. The van der Waals surface area contributed by atoms with Gasteiger partial charge in [-0.25, -0.2) is 4.79 Å². The second-order valence-electron chi connectivity index (χ2n) is 13.0. The Morgan fingerprint density at radius 1 is 0.700 bits per heavy atom. The van der Waals surface area contributed by atoms with Crippen molar-refractivity contribution in [1.82, 2.24) is 10.2 Å². The fraction of sp³-hybridized carbons (Fsp3) is 0.186. The lowest BCUT2D eigenvalue weighted by atomic mass is 10.0. The average Bonchev–Trinajstić information content (AvgIpc) is 3.60. The molecule has 2 aliphatic heterocycles. The van der Waals surface area contributed by atoms with Crippen LogP contribution < -0.4 is 20.1 Å². The van der Waals surface area contributed by atoms with Gasteiger partial charge in [0.05, 0.1) is 40.1 Å². The van der Waals surface area contributed by atoms with E-state index in [1.807, 2.05) is 0 Å². The van der Waals surface area contributed by atoms with Crippen LogP contribution in [0.25, 0.3) is 0 Å². The van der Waals surface area contributed by atoms with Crippen molar-refractivity contribution in [1.29, 1.82) is 0 Å². The van der Waals surface area contributed by atoms with Crippen molar-refractivity contribution in [3.05, 3.63) is 138 Å². The summed E-state index contributed by atoms with van der Waals surface area (Å²) in [6.07, 6.45) is 0.440. The molecular weight excluding hydrogens is 813 g/mol. The number of nitrogens with zero attached hydrogens (tertiary/aromatic N) is 5. The number of benzene rings is 5. The summed E-state index contributed by atoms with van der Waals surface area (Å²) in [7, 11) is 0. The van der Waals surface area contributed by atoms with Crippen molar-refractivity contribution < 1.29 is 38.6 Å². The normalized spacial score (nSPS) is 14.7. The molecule has 2 heterocycles. The van der Waals surface area contributed by atoms with Crippen molar-refractivity contribution in [2.45, 2.75) is 25.4 Å². The number of azo groups is 2. The van der Waals surface area contributed by atoms with Gasteiger partial charge in [0.15, 0.2) is 0 Å². The summed E-state index contributed by atoms with van der Waals surface area (Å²) in [6, 6.07) is 31.4. The Bertz CT molecular complexity index is 2390. The molecule has 1 fully saturated rings. The number of carboxylic acid groups (broad SMARTS) is 1. The Morgan fingerprint density at radius 2 is 1.18 bits per heavy atom. The third-order valence-corrected chi connectivity index (χ3v) is 9.31. The number of halogens is 2. The number of amides is 4. The molecule has 60 heavy (non-hydrogen) atoms. The van der Waals surface area contributed by atoms with E-state index in [0.29, 0.717) is 75.9 Å². The molecule has 7 rings (SSSR count). The highest BCUT2D eigenvalue weighted by molar-refractivity contribution is 6.18. The number of imide groups is 1. The summed E-state index contributed by atoms with van der Waals surface area (Å²) in [5.41, 5.74) is 4.64. The topological polar surface area (TPSA) is 201 Å². The molecule has 4 amide bonds. The van der Waals surface area contributed by atoms with Gasteiger partial charge in [-0.15, -0.1) is 23.2 Å². The zero-order valence-electron chi connectivity index (χ0n) is 31.8. The maximum atomic E-state index is 13.0. The second-order valence-corrected chi connectivity index (χ2v) is 13.8. The number of nitrogens with one attached hydrogen (secondary N) is 2. The van der Waals surface area contributed by atoms with Gasteiger partial charge in [-0.1, -0.05) is 6.07 Å². The number of hydrogen-bond donors (Lipinski definition) is 3. The van der Waals surface area contributed by atoms with Crippen molar-refractivity contribution >= 4 is 81.2 Å². The summed E-state index contributed by atoms with van der Waals surface area (Å²) in [5, 5.41) is 30.5. The molecule has 3 N–H and O–H groups in total. The number of carbonyl (C=O) groups is 5. The predicted molar refractivity (Wildman–Crippen MR) is 224 cm³/mol. The van der Waals surface area contributed by atoms with Gasteiger partial charge in [0.25, 0.3) is 11.8 Å². The quantitative estimate of drug-likeness (QED) is 0.0558. The fourth-order valence-corrected chi connectivity index (χ4v) is 6.16. The average molecular weight is 851 g/mol. The van der Waals surface area contributed by atoms with Crippen LogP contribution in [-0.4, -0.2) is 70.6 Å². The highest BCUT2D eigenvalue weighted by Crippen LogP contribution is 2.33. The lowest BCUT2D eigenvalue weighted by Gasteiger charge is -2.29. The van der Waals surface area contributed by atoms with Crippen LogP contribution in [0.5, 0.6) is 11.5 Å². The van der Waals surface area contributed by atoms with Gasteiger partial charge in [-0.3, -0.25) is 24.5 Å². The number of fused-ring (bicyclic) bond motifs is 1. The number of carboxylic acids is 1. The Morgan fingerprint density at radius 3 is 1.65 bits per heavy atom. The van der Waals surface area contributed by atoms with Gasteiger partial charge >= 0.3 is 5.97 Å². The second kappa shape index (κ2) is 20.6. The smallest absolute Gasteiger partial charge is 0.335 e. The van der Waals surface area contributed by atoms with E-state index in [-0.39, 0.29) is 42.7 Å². The first-order valence-electron chi connectivity index (χ1n) is 18.5. The SMILES string of the molecule is O=C(O)c1ccc(N=Nc2ccc(OCCCl)cc2)cc1.O=C1CCC(N2Cc3c(NC(=O)c4ccc(N=Nc5ccc(OCCCl)cc5)cc4)cccc3C2=O)C(=O)N1. The van der Waals surface area contributed by atoms with E-state index in [0.717, 1.165) is 5.75 Å². The van der Waals surface area contributed by atoms with Gasteiger partial charge in [0.2, 0.25) is 11.8 Å². The summed E-state index contributed by atoms with van der Waals surface area (Å²) in [5.74, 6) is -0.186. The predicted octanol–water partition coefficient (Wildman–Crippen LogP) is 9.15. The minimum atomic E-state index is -0.967. The molecule has 1 saturated heterocycles. The molecule has 15 nitrogen and oxygen atoms in total. The van der Waals surface area contributed by atoms with Gasteiger partial charge < -0.3 is 24.8 Å². The lowest BCUT2D eigenvalue weighted by Crippen LogP contribution is -2.52.